The van der Waals surface area contributed by atoms with Gasteiger partial charge in [-0.05, 0) is 80.4 Å². The summed E-state index contributed by atoms with van der Waals surface area (Å²) >= 11 is 0. The van der Waals surface area contributed by atoms with Crippen LogP contribution in [-0.4, -0.2) is 54.5 Å². The van der Waals surface area contributed by atoms with Crippen LogP contribution in [0.2, 0.25) is 0 Å². The fraction of sp³-hybridized carbons (Fsp3) is 0.714. The molecule has 7 aliphatic rings. The Morgan fingerprint density at radius 3 is 2.17 bits per heavy atom. The highest BCUT2D eigenvalue weighted by molar-refractivity contribution is 5.99. The third-order valence-corrected chi connectivity index (χ3v) is 9.73. The van der Waals surface area contributed by atoms with Gasteiger partial charge in [0.05, 0.1) is 13.1 Å². The Hall–Kier alpha value is -2.00. The number of carbonyl (C=O) groups excluding carboxylic acids is 2. The van der Waals surface area contributed by atoms with Gasteiger partial charge in [-0.3, -0.25) is 19.8 Å². The predicted octanol–water partition coefficient (Wildman–Crippen LogP) is 3.51. The highest BCUT2D eigenvalue weighted by Crippen LogP contribution is 2.64. The zero-order valence-electron chi connectivity index (χ0n) is 20.8. The first kappa shape index (κ1) is 23.1. The molecule has 4 bridgehead atoms. The molecule has 36 heavy (non-hydrogen) atoms. The van der Waals surface area contributed by atoms with E-state index in [1.54, 1.807) is 4.90 Å². The van der Waals surface area contributed by atoms with Crippen LogP contribution in [0, 0.1) is 23.7 Å². The second-order valence-corrected chi connectivity index (χ2v) is 12.1. The van der Waals surface area contributed by atoms with Crippen molar-refractivity contribution in [2.75, 3.05) is 26.2 Å². The summed E-state index contributed by atoms with van der Waals surface area (Å²) in [4.78, 5) is 37.0. The van der Waals surface area contributed by atoms with Gasteiger partial charge in [0.25, 0.3) is 0 Å². The summed E-state index contributed by atoms with van der Waals surface area (Å²) in [6, 6.07) is 8.34. The van der Waals surface area contributed by atoms with Gasteiger partial charge in [0.1, 0.15) is 12.4 Å². The van der Waals surface area contributed by atoms with E-state index in [9.17, 15) is 9.59 Å². The van der Waals surface area contributed by atoms with Crippen molar-refractivity contribution < 1.29 is 28.8 Å². The molecule has 7 fully saturated rings. The third kappa shape index (κ3) is 4.06. The number of hydrogen-bond donors (Lipinski definition) is 1. The molecule has 2 aliphatic heterocycles. The topological polar surface area (TPSA) is 86.3 Å². The maximum atomic E-state index is 11.5. The summed E-state index contributed by atoms with van der Waals surface area (Å²) in [7, 11) is 0. The normalized spacial score (nSPS) is 41.8. The number of amides is 2. The van der Waals surface area contributed by atoms with Crippen molar-refractivity contribution in [2.45, 2.75) is 75.3 Å². The van der Waals surface area contributed by atoms with Crippen LogP contribution < -0.4 is 10.1 Å². The molecule has 2 saturated heterocycles. The number of nitrogens with zero attached hydrogens (tertiary/aromatic N) is 1. The average molecular weight is 497 g/mol. The smallest absolute Gasteiger partial charge is 0.240 e. The number of benzene rings is 1. The molecule has 1 aromatic rings. The van der Waals surface area contributed by atoms with E-state index in [1.807, 2.05) is 12.1 Å². The van der Waals surface area contributed by atoms with Crippen molar-refractivity contribution in [1.82, 2.24) is 10.2 Å². The number of hydrogen-bond acceptors (Lipinski definition) is 7. The summed E-state index contributed by atoms with van der Waals surface area (Å²) < 4.78 is 12.7. The Balaban J connectivity index is 0.916. The van der Waals surface area contributed by atoms with E-state index >= 15 is 0 Å². The van der Waals surface area contributed by atoms with Gasteiger partial charge in [0, 0.05) is 31.2 Å². The molecule has 2 amide bonds. The quantitative estimate of drug-likeness (QED) is 0.493. The Morgan fingerprint density at radius 2 is 1.53 bits per heavy atom. The van der Waals surface area contributed by atoms with E-state index in [1.165, 1.54) is 37.7 Å². The molecule has 0 aromatic heterocycles. The maximum absolute atomic E-state index is 11.5. The van der Waals surface area contributed by atoms with E-state index in [0.717, 1.165) is 43.3 Å². The van der Waals surface area contributed by atoms with Gasteiger partial charge < -0.3 is 9.47 Å². The number of piperazine rings is 1. The molecule has 0 unspecified atom stereocenters. The summed E-state index contributed by atoms with van der Waals surface area (Å²) in [5.41, 5.74) is 1.32. The van der Waals surface area contributed by atoms with Gasteiger partial charge in [0.15, 0.2) is 0 Å². The first-order chi connectivity index (χ1) is 17.5. The molecular formula is C28H36N2O6. The molecule has 194 valence electrons. The van der Waals surface area contributed by atoms with Crippen molar-refractivity contribution in [1.29, 1.82) is 0 Å². The van der Waals surface area contributed by atoms with Crippen LogP contribution in [0.25, 0.3) is 0 Å². The zero-order valence-corrected chi connectivity index (χ0v) is 20.8. The van der Waals surface area contributed by atoms with Crippen LogP contribution in [0.15, 0.2) is 24.3 Å². The van der Waals surface area contributed by atoms with Crippen molar-refractivity contribution >= 4 is 11.8 Å². The highest BCUT2D eigenvalue weighted by atomic mass is 17.3. The van der Waals surface area contributed by atoms with Crippen molar-refractivity contribution in [3.63, 3.8) is 0 Å². The van der Waals surface area contributed by atoms with Gasteiger partial charge in [-0.2, -0.15) is 9.78 Å². The minimum atomic E-state index is -0.568. The number of ether oxygens (including phenoxy) is 2. The van der Waals surface area contributed by atoms with Crippen LogP contribution in [-0.2, 0) is 24.1 Å². The van der Waals surface area contributed by atoms with E-state index in [2.05, 4.69) is 17.4 Å². The summed E-state index contributed by atoms with van der Waals surface area (Å²) in [5.74, 6) is 2.49. The molecular weight excluding hydrogens is 460 g/mol. The van der Waals surface area contributed by atoms with Crippen LogP contribution >= 0.6 is 0 Å². The fourth-order valence-corrected chi connectivity index (χ4v) is 8.17. The first-order valence-electron chi connectivity index (χ1n) is 13.8. The molecule has 2 spiro atoms. The summed E-state index contributed by atoms with van der Waals surface area (Å²) in [6.45, 7) is 1.45. The number of imide groups is 1. The lowest BCUT2D eigenvalue weighted by Gasteiger charge is -2.57. The second-order valence-electron chi connectivity index (χ2n) is 12.1. The number of carbonyl (C=O) groups is 2. The van der Waals surface area contributed by atoms with Gasteiger partial charge in [0.2, 0.25) is 23.4 Å². The SMILES string of the molecule is O=C1CN(CCOc2ccc(C3CCC4(CC3)OOC3(O4)C4CC5CC(C4)CC3C5)cc2)CC(=O)N1. The lowest BCUT2D eigenvalue weighted by Crippen LogP contribution is -2.59. The molecule has 5 saturated carbocycles. The number of nitrogens with one attached hydrogen (secondary N) is 1. The molecule has 0 atom stereocenters. The Kier molecular flexibility index (Phi) is 5.65. The zero-order chi connectivity index (χ0) is 24.3. The Labute approximate surface area is 211 Å². The Bertz CT molecular complexity index is 973. The van der Waals surface area contributed by atoms with Crippen LogP contribution in [0.4, 0.5) is 0 Å². The minimum absolute atomic E-state index is 0.235. The Morgan fingerprint density at radius 1 is 0.889 bits per heavy atom. The van der Waals surface area contributed by atoms with Crippen molar-refractivity contribution in [3.05, 3.63) is 29.8 Å². The predicted molar refractivity (Wildman–Crippen MR) is 128 cm³/mol. The molecule has 8 heteroatoms. The highest BCUT2D eigenvalue weighted by Gasteiger charge is 2.66. The first-order valence-corrected chi connectivity index (χ1v) is 13.8. The monoisotopic (exact) mass is 496 g/mol. The molecule has 8 rings (SSSR count). The summed E-state index contributed by atoms with van der Waals surface area (Å²) in [6.07, 6.45) is 10.2. The third-order valence-electron chi connectivity index (χ3n) is 9.73. The van der Waals surface area contributed by atoms with Crippen LogP contribution in [0.5, 0.6) is 5.75 Å². The van der Waals surface area contributed by atoms with Gasteiger partial charge in [-0.1, -0.05) is 12.1 Å². The van der Waals surface area contributed by atoms with E-state index in [0.29, 0.717) is 30.9 Å². The maximum Gasteiger partial charge on any atom is 0.240 e. The van der Waals surface area contributed by atoms with E-state index < -0.39 is 11.6 Å². The minimum Gasteiger partial charge on any atom is -0.492 e. The lowest BCUT2D eigenvalue weighted by atomic mass is 9.53. The molecule has 1 N–H and O–H groups in total. The molecule has 5 aliphatic carbocycles. The van der Waals surface area contributed by atoms with Crippen LogP contribution in [0.1, 0.15) is 69.3 Å². The standard InChI is InChI=1S/C28H36N2O6/c31-25-16-30(17-26(32)29-25)9-10-33-24-3-1-20(2-4-24)21-5-7-27(8-6-21)34-28(36-35-27)22-12-18-11-19(14-22)15-23(28)13-18/h1-4,18-19,21-23H,5-17H2,(H,29,31,32). The van der Waals surface area contributed by atoms with Gasteiger partial charge >= 0.3 is 0 Å². The molecule has 0 radical (unpaired) electrons. The number of rotatable bonds is 5. The van der Waals surface area contributed by atoms with E-state index in [-0.39, 0.29) is 24.9 Å². The molecule has 2 heterocycles. The molecule has 1 aromatic carbocycles. The van der Waals surface area contributed by atoms with Crippen molar-refractivity contribution in [3.8, 4) is 5.75 Å². The van der Waals surface area contributed by atoms with Crippen molar-refractivity contribution in [2.24, 2.45) is 23.7 Å². The second kappa shape index (κ2) is 8.79. The lowest BCUT2D eigenvalue weighted by molar-refractivity contribution is -0.390. The van der Waals surface area contributed by atoms with Gasteiger partial charge in [-0.25, -0.2) is 0 Å². The fourth-order valence-electron chi connectivity index (χ4n) is 8.17. The largest absolute Gasteiger partial charge is 0.492 e. The molecule has 8 nitrogen and oxygen atoms in total. The van der Waals surface area contributed by atoms with E-state index in [4.69, 9.17) is 19.2 Å². The average Bonchev–Trinajstić information content (AvgIpc) is 3.22. The van der Waals surface area contributed by atoms with Crippen LogP contribution in [0.3, 0.4) is 0 Å². The van der Waals surface area contributed by atoms with Gasteiger partial charge in [-0.15, -0.1) is 0 Å². The summed E-state index contributed by atoms with van der Waals surface area (Å²) in [5, 5.41) is 2.31.